The molecule has 0 aliphatic rings. The van der Waals surface area contributed by atoms with Gasteiger partial charge in [0.25, 0.3) is 0 Å². The number of hydrogen-bond donors (Lipinski definition) is 0. The standard InChI is InChI=1S/3C3H9O3P.Al/c3*1-3-7(4,5)6-2;/h3*3H2,1-2H3,(H,4,5);/q;;;+3/p-3. The summed E-state index contributed by atoms with van der Waals surface area (Å²) < 4.78 is 42.8. The van der Waals surface area contributed by atoms with Crippen LogP contribution in [0.3, 0.4) is 0 Å². The second kappa shape index (κ2) is 15.5. The van der Waals surface area contributed by atoms with Gasteiger partial charge in [0.1, 0.15) is 22.8 Å². The van der Waals surface area contributed by atoms with Gasteiger partial charge in [-0.25, -0.2) is 0 Å². The fraction of sp³-hybridized carbons (Fsp3) is 1.00. The minimum atomic E-state index is -3.40. The summed E-state index contributed by atoms with van der Waals surface area (Å²) in [5.74, 6) is 0. The molecule has 0 rings (SSSR count). The molecule has 0 saturated heterocycles. The monoisotopic (exact) mass is 396 g/mol. The van der Waals surface area contributed by atoms with Crippen LogP contribution < -0.4 is 14.7 Å². The van der Waals surface area contributed by atoms with Crippen molar-refractivity contribution in [2.24, 2.45) is 0 Å². The van der Waals surface area contributed by atoms with Crippen molar-refractivity contribution in [1.29, 1.82) is 0 Å². The smallest absolute Gasteiger partial charge is 0.779 e. The summed E-state index contributed by atoms with van der Waals surface area (Å²) in [4.78, 5) is 30.5. The van der Waals surface area contributed by atoms with Crippen LogP contribution in [0.4, 0.5) is 0 Å². The predicted octanol–water partition coefficient (Wildman–Crippen LogP) is 0.238. The van der Waals surface area contributed by atoms with Crippen LogP contribution in [0.25, 0.3) is 0 Å². The van der Waals surface area contributed by atoms with Gasteiger partial charge in [0.15, 0.2) is 0 Å². The largest absolute Gasteiger partial charge is 3.00 e. The first-order chi connectivity index (χ1) is 9.36. The van der Waals surface area contributed by atoms with Gasteiger partial charge >= 0.3 is 17.4 Å². The SMILES string of the molecule is CCP(=O)([O-])OC.CCP(=O)([O-])OC.CCP(=O)([O-])OC.[Al+3]. The van der Waals surface area contributed by atoms with E-state index in [0.29, 0.717) is 0 Å². The van der Waals surface area contributed by atoms with Gasteiger partial charge in [-0.3, -0.25) is 0 Å². The Morgan fingerprint density at radius 2 is 0.773 bits per heavy atom. The van der Waals surface area contributed by atoms with E-state index in [2.05, 4.69) is 13.6 Å². The van der Waals surface area contributed by atoms with E-state index < -0.39 is 22.8 Å². The Kier molecular flexibility index (Phi) is 21.7. The maximum Gasteiger partial charge on any atom is 3.00 e. The van der Waals surface area contributed by atoms with Crippen LogP contribution in [0.2, 0.25) is 0 Å². The van der Waals surface area contributed by atoms with Gasteiger partial charge in [-0.2, -0.15) is 0 Å². The van der Waals surface area contributed by atoms with Crippen molar-refractivity contribution in [3.8, 4) is 0 Å². The molecule has 0 amide bonds. The normalized spacial score (nSPS) is 17.9. The van der Waals surface area contributed by atoms with Gasteiger partial charge in [0, 0.05) is 39.8 Å². The molecule has 0 aliphatic heterocycles. The Bertz CT molecular complexity index is 309. The quantitative estimate of drug-likeness (QED) is 0.454. The summed E-state index contributed by atoms with van der Waals surface area (Å²) in [6.45, 7) is 4.62. The van der Waals surface area contributed by atoms with E-state index >= 15 is 0 Å². The van der Waals surface area contributed by atoms with E-state index in [4.69, 9.17) is 0 Å². The minimum absolute atomic E-state index is 0. The van der Waals surface area contributed by atoms with Crippen molar-refractivity contribution in [1.82, 2.24) is 0 Å². The number of hydrogen-bond acceptors (Lipinski definition) is 9. The van der Waals surface area contributed by atoms with Crippen LogP contribution in [0.5, 0.6) is 0 Å². The summed E-state index contributed by atoms with van der Waals surface area (Å²) in [5, 5.41) is 0. The first-order valence-corrected chi connectivity index (χ1v) is 11.1. The zero-order valence-electron chi connectivity index (χ0n) is 13.7. The predicted molar refractivity (Wildman–Crippen MR) is 81.2 cm³/mol. The van der Waals surface area contributed by atoms with Crippen molar-refractivity contribution in [2.75, 3.05) is 39.8 Å². The Labute approximate surface area is 143 Å². The molecule has 0 aromatic heterocycles. The fourth-order valence-corrected chi connectivity index (χ4v) is 1.16. The molecule has 132 valence electrons. The van der Waals surface area contributed by atoms with E-state index in [1.54, 1.807) is 0 Å². The molecule has 3 unspecified atom stereocenters. The molecule has 22 heavy (non-hydrogen) atoms. The minimum Gasteiger partial charge on any atom is -0.779 e. The third-order valence-corrected chi connectivity index (χ3v) is 5.99. The van der Waals surface area contributed by atoms with Gasteiger partial charge < -0.3 is 41.9 Å². The molecule has 0 bridgehead atoms. The molecule has 0 saturated carbocycles. The molecule has 0 N–H and O–H groups in total. The summed E-state index contributed by atoms with van der Waals surface area (Å²) in [7, 11) is -6.72. The number of rotatable bonds is 6. The Morgan fingerprint density at radius 3 is 0.773 bits per heavy atom. The maximum absolute atomic E-state index is 10.2. The molecule has 0 aromatic carbocycles. The molecule has 0 radical (unpaired) electrons. The molecule has 0 spiro atoms. The zero-order chi connectivity index (χ0) is 17.7. The van der Waals surface area contributed by atoms with Crippen molar-refractivity contribution < 1.29 is 41.9 Å². The first-order valence-electron chi connectivity index (χ1n) is 5.94. The molecule has 0 aliphatic carbocycles. The van der Waals surface area contributed by atoms with Crippen LogP contribution in [-0.2, 0) is 27.3 Å². The summed E-state index contributed by atoms with van der Waals surface area (Å²) in [6.07, 6.45) is 0.219. The van der Waals surface area contributed by atoms with Crippen LogP contribution in [0, 0.1) is 0 Å². The van der Waals surface area contributed by atoms with Gasteiger partial charge in [-0.15, -0.1) is 0 Å². The Balaban J connectivity index is -0.000000108. The molecular weight excluding hydrogens is 372 g/mol. The molecule has 0 heterocycles. The van der Waals surface area contributed by atoms with Crippen molar-refractivity contribution in [3.05, 3.63) is 0 Å². The molecular formula is C9H24AlO9P3. The molecule has 0 fully saturated rings. The molecule has 0 aromatic rings. The van der Waals surface area contributed by atoms with E-state index in [0.717, 1.165) is 21.3 Å². The maximum atomic E-state index is 10.2. The van der Waals surface area contributed by atoms with E-state index in [9.17, 15) is 28.4 Å². The van der Waals surface area contributed by atoms with Gasteiger partial charge in [-0.05, 0) is 0 Å². The zero-order valence-corrected chi connectivity index (χ0v) is 17.6. The van der Waals surface area contributed by atoms with E-state index in [-0.39, 0.29) is 35.8 Å². The first kappa shape index (κ1) is 30.8. The fourth-order valence-electron chi connectivity index (χ4n) is 0.387. The topological polar surface area (TPSA) is 148 Å². The van der Waals surface area contributed by atoms with Crippen molar-refractivity contribution in [3.63, 3.8) is 0 Å². The summed E-state index contributed by atoms with van der Waals surface area (Å²) >= 11 is 0. The van der Waals surface area contributed by atoms with Crippen molar-refractivity contribution >= 4 is 40.1 Å². The van der Waals surface area contributed by atoms with Gasteiger partial charge in [0.05, 0.1) is 0 Å². The van der Waals surface area contributed by atoms with E-state index in [1.165, 1.54) is 20.8 Å². The van der Waals surface area contributed by atoms with Gasteiger partial charge in [0.2, 0.25) is 0 Å². The Hall–Kier alpha value is 0.982. The second-order valence-corrected chi connectivity index (χ2v) is 9.99. The summed E-state index contributed by atoms with van der Waals surface area (Å²) in [6, 6.07) is 0. The van der Waals surface area contributed by atoms with Crippen LogP contribution >= 0.6 is 22.8 Å². The van der Waals surface area contributed by atoms with Crippen LogP contribution in [0.1, 0.15) is 20.8 Å². The van der Waals surface area contributed by atoms with Crippen LogP contribution in [0.15, 0.2) is 0 Å². The van der Waals surface area contributed by atoms with Crippen LogP contribution in [-0.4, -0.2) is 57.2 Å². The van der Waals surface area contributed by atoms with Crippen molar-refractivity contribution in [2.45, 2.75) is 20.8 Å². The molecule has 13 heteroatoms. The van der Waals surface area contributed by atoms with E-state index in [1.807, 2.05) is 0 Å². The Morgan fingerprint density at radius 1 is 0.636 bits per heavy atom. The summed E-state index contributed by atoms with van der Waals surface area (Å²) in [5.41, 5.74) is 0. The molecule has 3 atom stereocenters. The second-order valence-electron chi connectivity index (χ2n) is 3.33. The third kappa shape index (κ3) is 23.3. The molecule has 9 nitrogen and oxygen atoms in total. The average molecular weight is 396 g/mol. The van der Waals surface area contributed by atoms with Gasteiger partial charge in [-0.1, -0.05) is 20.8 Å². The third-order valence-electron chi connectivity index (χ3n) is 2.00. The average Bonchev–Trinajstić information content (AvgIpc) is 2.48.